The van der Waals surface area contributed by atoms with Crippen LogP contribution in [0.4, 0.5) is 4.39 Å². The Bertz CT molecular complexity index is 675. The zero-order chi connectivity index (χ0) is 17.6. The largest absolute Gasteiger partial charge is 0.205 e. The van der Waals surface area contributed by atoms with Crippen molar-refractivity contribution in [2.75, 3.05) is 0 Å². The van der Waals surface area contributed by atoms with Gasteiger partial charge in [-0.3, -0.25) is 0 Å². The number of benzene rings is 2. The molecule has 0 bridgehead atoms. The van der Waals surface area contributed by atoms with E-state index in [1.807, 2.05) is 6.07 Å². The Morgan fingerprint density at radius 3 is 2.32 bits per heavy atom. The van der Waals surface area contributed by atoms with E-state index in [0.717, 1.165) is 17.0 Å². The molecule has 0 atom stereocenters. The van der Waals surface area contributed by atoms with Gasteiger partial charge in [0, 0.05) is 8.80 Å². The predicted molar refractivity (Wildman–Crippen MR) is 110 cm³/mol. The third kappa shape index (κ3) is 4.95. The van der Waals surface area contributed by atoms with Gasteiger partial charge in [0.15, 0.2) is 0 Å². The van der Waals surface area contributed by atoms with Crippen LogP contribution in [-0.2, 0) is 0 Å². The zero-order valence-electron chi connectivity index (χ0n) is 15.1. The summed E-state index contributed by atoms with van der Waals surface area (Å²) in [5, 5.41) is 0.181. The van der Waals surface area contributed by atoms with Crippen molar-refractivity contribution in [2.24, 2.45) is 0 Å². The first-order chi connectivity index (χ1) is 12.2. The third-order valence-electron chi connectivity index (χ3n) is 5.70. The highest BCUT2D eigenvalue weighted by atomic mass is 35.5. The summed E-state index contributed by atoms with van der Waals surface area (Å²) in [5.41, 5.74) is 3.40. The van der Waals surface area contributed by atoms with Crippen molar-refractivity contribution in [3.63, 3.8) is 0 Å². The minimum Gasteiger partial charge on any atom is -0.205 e. The molecule has 1 saturated heterocycles. The van der Waals surface area contributed by atoms with Gasteiger partial charge in [-0.2, -0.15) is 0 Å². The van der Waals surface area contributed by atoms with Gasteiger partial charge >= 0.3 is 0 Å². The standard InChI is InChI=1S/C22H28ClFSi/c1-2-3-4-13-25-14-11-19(12-15-25)17-5-7-18(8-6-17)20-9-10-21(23)22(24)16-20/h5-10,16,19,25H,2-4,11-15H2,1H3. The van der Waals surface area contributed by atoms with Crippen LogP contribution in [0.3, 0.4) is 0 Å². The lowest BCUT2D eigenvalue weighted by atomic mass is 9.92. The smallest absolute Gasteiger partial charge is 0.142 e. The highest BCUT2D eigenvalue weighted by molar-refractivity contribution is 6.59. The highest BCUT2D eigenvalue weighted by Crippen LogP contribution is 2.36. The van der Waals surface area contributed by atoms with Crippen molar-refractivity contribution < 1.29 is 4.39 Å². The lowest BCUT2D eigenvalue weighted by Gasteiger charge is -2.28. The van der Waals surface area contributed by atoms with Gasteiger partial charge in [-0.05, 0) is 47.6 Å². The first-order valence-electron chi connectivity index (χ1n) is 9.72. The molecule has 3 heteroatoms. The predicted octanol–water partition coefficient (Wildman–Crippen LogP) is 7.44. The number of rotatable bonds is 6. The summed E-state index contributed by atoms with van der Waals surface area (Å²) >= 11 is 5.77. The number of unbranched alkanes of at least 4 members (excludes halogenated alkanes) is 2. The van der Waals surface area contributed by atoms with Crippen molar-refractivity contribution in [3.8, 4) is 11.1 Å². The molecule has 0 spiro atoms. The molecule has 2 aromatic carbocycles. The van der Waals surface area contributed by atoms with Crippen LogP contribution in [0.2, 0.25) is 23.2 Å². The summed E-state index contributed by atoms with van der Waals surface area (Å²) in [5.74, 6) is 0.375. The Balaban J connectivity index is 1.59. The molecule has 2 aromatic rings. The molecule has 0 saturated carbocycles. The van der Waals surface area contributed by atoms with Crippen LogP contribution in [0.5, 0.6) is 0 Å². The molecule has 0 unspecified atom stereocenters. The van der Waals surface area contributed by atoms with E-state index in [4.69, 9.17) is 11.6 Å². The molecule has 0 aromatic heterocycles. The van der Waals surface area contributed by atoms with Crippen LogP contribution in [-0.4, -0.2) is 8.80 Å². The highest BCUT2D eigenvalue weighted by Gasteiger charge is 2.22. The molecule has 0 aliphatic carbocycles. The Labute approximate surface area is 158 Å². The molecule has 1 heterocycles. The molecule has 134 valence electrons. The van der Waals surface area contributed by atoms with E-state index >= 15 is 0 Å². The van der Waals surface area contributed by atoms with Gasteiger partial charge in [0.1, 0.15) is 5.82 Å². The van der Waals surface area contributed by atoms with Crippen molar-refractivity contribution in [1.82, 2.24) is 0 Å². The molecule has 0 radical (unpaired) electrons. The van der Waals surface area contributed by atoms with E-state index in [1.165, 1.54) is 55.8 Å². The van der Waals surface area contributed by atoms with E-state index in [1.54, 1.807) is 12.1 Å². The van der Waals surface area contributed by atoms with Crippen molar-refractivity contribution in [2.45, 2.75) is 63.1 Å². The van der Waals surface area contributed by atoms with Gasteiger partial charge in [0.25, 0.3) is 0 Å². The van der Waals surface area contributed by atoms with E-state index < -0.39 is 8.80 Å². The first kappa shape index (κ1) is 18.7. The van der Waals surface area contributed by atoms with Gasteiger partial charge in [-0.15, -0.1) is 0 Å². The van der Waals surface area contributed by atoms with Crippen molar-refractivity contribution in [3.05, 3.63) is 58.9 Å². The van der Waals surface area contributed by atoms with Crippen LogP contribution in [0.1, 0.15) is 50.5 Å². The second-order valence-corrected chi connectivity index (χ2v) is 11.3. The van der Waals surface area contributed by atoms with Crippen LogP contribution in [0.15, 0.2) is 42.5 Å². The van der Waals surface area contributed by atoms with Crippen LogP contribution < -0.4 is 0 Å². The molecule has 1 aliphatic rings. The number of hydrogen-bond acceptors (Lipinski definition) is 0. The second-order valence-electron chi connectivity index (χ2n) is 7.46. The van der Waals surface area contributed by atoms with Gasteiger partial charge in [0.05, 0.1) is 5.02 Å². The van der Waals surface area contributed by atoms with Gasteiger partial charge < -0.3 is 0 Å². The topological polar surface area (TPSA) is 0 Å². The Hall–Kier alpha value is -1.12. The average Bonchev–Trinajstić information content (AvgIpc) is 2.65. The van der Waals surface area contributed by atoms with E-state index in [-0.39, 0.29) is 10.8 Å². The van der Waals surface area contributed by atoms with E-state index in [2.05, 4.69) is 31.2 Å². The van der Waals surface area contributed by atoms with Crippen molar-refractivity contribution >= 4 is 20.4 Å². The van der Waals surface area contributed by atoms with Gasteiger partial charge in [0.2, 0.25) is 0 Å². The quantitative estimate of drug-likeness (QED) is 0.364. The summed E-state index contributed by atoms with van der Waals surface area (Å²) in [6.07, 6.45) is 6.97. The van der Waals surface area contributed by atoms with Crippen LogP contribution >= 0.6 is 11.6 Å². The van der Waals surface area contributed by atoms with Gasteiger partial charge in [-0.1, -0.05) is 86.3 Å². The summed E-state index contributed by atoms with van der Waals surface area (Å²) in [4.78, 5) is 0. The zero-order valence-corrected chi connectivity index (χ0v) is 17.0. The lowest BCUT2D eigenvalue weighted by Crippen LogP contribution is -2.20. The molecule has 1 aliphatic heterocycles. The molecule has 0 N–H and O–H groups in total. The fraction of sp³-hybridized carbons (Fsp3) is 0.455. The molecular weight excluding hydrogens is 347 g/mol. The van der Waals surface area contributed by atoms with Gasteiger partial charge in [-0.25, -0.2) is 4.39 Å². The Kier molecular flexibility index (Phi) is 6.72. The van der Waals surface area contributed by atoms with E-state index in [9.17, 15) is 4.39 Å². The Morgan fingerprint density at radius 1 is 1.00 bits per heavy atom. The lowest BCUT2D eigenvalue weighted by molar-refractivity contribution is 0.603. The fourth-order valence-corrected chi connectivity index (χ4v) is 7.69. The summed E-state index contributed by atoms with van der Waals surface area (Å²) in [6.45, 7) is 2.29. The summed E-state index contributed by atoms with van der Waals surface area (Å²) < 4.78 is 13.7. The minimum atomic E-state index is -0.443. The summed E-state index contributed by atoms with van der Waals surface area (Å²) in [7, 11) is -0.443. The molecule has 3 rings (SSSR count). The monoisotopic (exact) mass is 374 g/mol. The van der Waals surface area contributed by atoms with E-state index in [0.29, 0.717) is 0 Å². The maximum absolute atomic E-state index is 13.7. The first-order valence-corrected chi connectivity index (χ1v) is 12.6. The third-order valence-corrected chi connectivity index (χ3v) is 9.53. The van der Waals surface area contributed by atoms with Crippen molar-refractivity contribution in [1.29, 1.82) is 0 Å². The number of halogens is 2. The fourth-order valence-electron chi connectivity index (χ4n) is 4.09. The molecular formula is C22H28ClFSi. The maximum atomic E-state index is 13.7. The maximum Gasteiger partial charge on any atom is 0.142 e. The number of hydrogen-bond donors (Lipinski definition) is 0. The molecule has 0 nitrogen and oxygen atoms in total. The molecule has 25 heavy (non-hydrogen) atoms. The molecule has 0 amide bonds. The minimum absolute atomic E-state index is 0.181. The van der Waals surface area contributed by atoms with Crippen LogP contribution in [0.25, 0.3) is 11.1 Å². The Morgan fingerprint density at radius 2 is 1.68 bits per heavy atom. The second kappa shape index (κ2) is 9.00. The van der Waals surface area contributed by atoms with Crippen LogP contribution in [0, 0.1) is 5.82 Å². The normalized spacial score (nSPS) is 20.6. The molecule has 1 fully saturated rings. The SMILES string of the molecule is CCCCC[SiH]1CCC(c2ccc(-c3ccc(Cl)c(F)c3)cc2)CC1. The summed E-state index contributed by atoms with van der Waals surface area (Å²) in [6, 6.07) is 18.4. The average molecular weight is 375 g/mol.